The van der Waals surface area contributed by atoms with Gasteiger partial charge in [0.15, 0.2) is 0 Å². The van der Waals surface area contributed by atoms with Crippen LogP contribution in [0.25, 0.3) is 0 Å². The molecule has 1 unspecified atom stereocenters. The van der Waals surface area contributed by atoms with Crippen LogP contribution in [0.4, 0.5) is 13.2 Å². The number of benzene rings is 1. The SMILES string of the molecule is FC(F)(F)c1ccccc1SCC1CCN1. The van der Waals surface area contributed by atoms with Gasteiger partial charge in [-0.2, -0.15) is 13.2 Å². The van der Waals surface area contributed by atoms with E-state index in [-0.39, 0.29) is 0 Å². The van der Waals surface area contributed by atoms with Crippen LogP contribution < -0.4 is 5.32 Å². The average Bonchev–Trinajstić information content (AvgIpc) is 2.14. The average molecular weight is 247 g/mol. The standard InChI is InChI=1S/C11H12F3NS/c12-11(13,14)9-3-1-2-4-10(9)16-7-8-5-6-15-8/h1-4,8,15H,5-7H2. The van der Waals surface area contributed by atoms with E-state index >= 15 is 0 Å². The Kier molecular flexibility index (Phi) is 3.44. The maximum Gasteiger partial charge on any atom is 0.417 e. The molecule has 0 amide bonds. The molecule has 0 spiro atoms. The zero-order valence-corrected chi connectivity index (χ0v) is 9.37. The van der Waals surface area contributed by atoms with Gasteiger partial charge in [-0.25, -0.2) is 0 Å². The third kappa shape index (κ3) is 2.71. The van der Waals surface area contributed by atoms with Gasteiger partial charge in [0.05, 0.1) is 5.56 Å². The number of hydrogen-bond acceptors (Lipinski definition) is 2. The molecule has 1 atom stereocenters. The minimum atomic E-state index is -4.25. The molecular weight excluding hydrogens is 235 g/mol. The van der Waals surface area contributed by atoms with E-state index in [0.29, 0.717) is 16.7 Å². The van der Waals surface area contributed by atoms with Crippen molar-refractivity contribution in [3.63, 3.8) is 0 Å². The van der Waals surface area contributed by atoms with Gasteiger partial charge < -0.3 is 5.32 Å². The van der Waals surface area contributed by atoms with Gasteiger partial charge in [-0.3, -0.25) is 0 Å². The van der Waals surface area contributed by atoms with Crippen molar-refractivity contribution in [3.8, 4) is 0 Å². The van der Waals surface area contributed by atoms with E-state index in [2.05, 4.69) is 5.32 Å². The highest BCUT2D eigenvalue weighted by molar-refractivity contribution is 7.99. The van der Waals surface area contributed by atoms with E-state index < -0.39 is 11.7 Å². The van der Waals surface area contributed by atoms with Gasteiger partial charge >= 0.3 is 6.18 Å². The Labute approximate surface area is 96.4 Å². The second-order valence-corrected chi connectivity index (χ2v) is 4.81. The second-order valence-electron chi connectivity index (χ2n) is 3.74. The summed E-state index contributed by atoms with van der Waals surface area (Å²) >= 11 is 1.28. The summed E-state index contributed by atoms with van der Waals surface area (Å²) in [6.45, 7) is 0.978. The first kappa shape index (κ1) is 11.8. The summed E-state index contributed by atoms with van der Waals surface area (Å²) in [5.41, 5.74) is -0.528. The normalized spacial score (nSPS) is 20.6. The van der Waals surface area contributed by atoms with Gasteiger partial charge in [-0.1, -0.05) is 12.1 Å². The highest BCUT2D eigenvalue weighted by Gasteiger charge is 2.33. The van der Waals surface area contributed by atoms with Crippen LogP contribution in [0.2, 0.25) is 0 Å². The van der Waals surface area contributed by atoms with Crippen molar-refractivity contribution in [2.45, 2.75) is 23.5 Å². The van der Waals surface area contributed by atoms with Gasteiger partial charge in [0.2, 0.25) is 0 Å². The molecule has 1 saturated heterocycles. The van der Waals surface area contributed by atoms with E-state index in [0.717, 1.165) is 19.0 Å². The lowest BCUT2D eigenvalue weighted by atomic mass is 10.1. The monoisotopic (exact) mass is 247 g/mol. The Hall–Kier alpha value is -0.680. The lowest BCUT2D eigenvalue weighted by molar-refractivity contribution is -0.139. The largest absolute Gasteiger partial charge is 0.417 e. The van der Waals surface area contributed by atoms with Gasteiger partial charge in [-0.15, -0.1) is 11.8 Å². The predicted molar refractivity (Wildman–Crippen MR) is 58.6 cm³/mol. The lowest BCUT2D eigenvalue weighted by Gasteiger charge is -2.27. The number of nitrogens with one attached hydrogen (secondary N) is 1. The molecule has 88 valence electrons. The third-order valence-electron chi connectivity index (χ3n) is 2.56. The van der Waals surface area contributed by atoms with Crippen molar-refractivity contribution in [1.82, 2.24) is 5.32 Å². The summed E-state index contributed by atoms with van der Waals surface area (Å²) in [4.78, 5) is 0.323. The molecule has 16 heavy (non-hydrogen) atoms. The molecule has 1 aliphatic rings. The molecule has 1 aromatic carbocycles. The second kappa shape index (κ2) is 4.67. The van der Waals surface area contributed by atoms with Crippen molar-refractivity contribution < 1.29 is 13.2 Å². The number of hydrogen-bond donors (Lipinski definition) is 1. The molecule has 1 fully saturated rings. The van der Waals surface area contributed by atoms with E-state index in [9.17, 15) is 13.2 Å². The first-order valence-electron chi connectivity index (χ1n) is 5.10. The maximum absolute atomic E-state index is 12.6. The number of halogens is 3. The summed E-state index contributed by atoms with van der Waals surface area (Å²) in [6, 6.07) is 6.11. The van der Waals surface area contributed by atoms with Gasteiger partial charge in [0, 0.05) is 16.7 Å². The quantitative estimate of drug-likeness (QED) is 0.823. The molecule has 5 heteroatoms. The predicted octanol–water partition coefficient (Wildman–Crippen LogP) is 3.16. The number of thioether (sulfide) groups is 1. The molecule has 0 aliphatic carbocycles. The summed E-state index contributed by atoms with van der Waals surface area (Å²) in [7, 11) is 0. The van der Waals surface area contributed by atoms with Gasteiger partial charge in [-0.05, 0) is 25.1 Å². The molecular formula is C11H12F3NS. The molecule has 2 rings (SSSR count). The molecule has 1 N–H and O–H groups in total. The highest BCUT2D eigenvalue weighted by Crippen LogP contribution is 2.36. The molecule has 0 radical (unpaired) electrons. The Morgan fingerprint density at radius 2 is 2.00 bits per heavy atom. The molecule has 1 heterocycles. The van der Waals surface area contributed by atoms with Gasteiger partial charge in [0.1, 0.15) is 0 Å². The van der Waals surface area contributed by atoms with Crippen molar-refractivity contribution in [2.24, 2.45) is 0 Å². The summed E-state index contributed by atoms with van der Waals surface area (Å²) < 4.78 is 37.9. The Morgan fingerprint density at radius 1 is 1.31 bits per heavy atom. The molecule has 0 saturated carbocycles. The van der Waals surface area contributed by atoms with E-state index in [1.165, 1.54) is 23.9 Å². The fourth-order valence-electron chi connectivity index (χ4n) is 1.51. The molecule has 1 aromatic rings. The Bertz CT molecular complexity index is 360. The van der Waals surface area contributed by atoms with E-state index in [1.54, 1.807) is 6.07 Å². The smallest absolute Gasteiger partial charge is 0.313 e. The van der Waals surface area contributed by atoms with Crippen LogP contribution in [0.1, 0.15) is 12.0 Å². The van der Waals surface area contributed by atoms with Crippen LogP contribution in [-0.4, -0.2) is 18.3 Å². The van der Waals surface area contributed by atoms with Gasteiger partial charge in [0.25, 0.3) is 0 Å². The van der Waals surface area contributed by atoms with Crippen LogP contribution in [0.5, 0.6) is 0 Å². The van der Waals surface area contributed by atoms with Crippen molar-refractivity contribution in [2.75, 3.05) is 12.3 Å². The maximum atomic E-state index is 12.6. The third-order valence-corrected chi connectivity index (χ3v) is 3.79. The van der Waals surface area contributed by atoms with Crippen LogP contribution in [0.15, 0.2) is 29.2 Å². The van der Waals surface area contributed by atoms with Crippen molar-refractivity contribution in [3.05, 3.63) is 29.8 Å². The first-order chi connectivity index (χ1) is 7.57. The van der Waals surface area contributed by atoms with Crippen LogP contribution in [0, 0.1) is 0 Å². The zero-order valence-electron chi connectivity index (χ0n) is 8.55. The molecule has 0 aromatic heterocycles. The number of alkyl halides is 3. The van der Waals surface area contributed by atoms with E-state index in [1.807, 2.05) is 0 Å². The summed E-state index contributed by atoms with van der Waals surface area (Å²) in [5.74, 6) is 0.701. The Balaban J connectivity index is 2.06. The van der Waals surface area contributed by atoms with Crippen LogP contribution in [-0.2, 0) is 6.18 Å². The first-order valence-corrected chi connectivity index (χ1v) is 6.08. The van der Waals surface area contributed by atoms with E-state index in [4.69, 9.17) is 0 Å². The topological polar surface area (TPSA) is 12.0 Å². The Morgan fingerprint density at radius 3 is 2.56 bits per heavy atom. The van der Waals surface area contributed by atoms with Crippen LogP contribution >= 0.6 is 11.8 Å². The van der Waals surface area contributed by atoms with Crippen LogP contribution in [0.3, 0.4) is 0 Å². The van der Waals surface area contributed by atoms with Crippen molar-refractivity contribution in [1.29, 1.82) is 0 Å². The highest BCUT2D eigenvalue weighted by atomic mass is 32.2. The summed E-state index contributed by atoms with van der Waals surface area (Å²) in [6.07, 6.45) is -3.20. The fourth-order valence-corrected chi connectivity index (χ4v) is 2.69. The molecule has 1 nitrogen and oxygen atoms in total. The minimum absolute atomic E-state index is 0.323. The number of rotatable bonds is 3. The fraction of sp³-hybridized carbons (Fsp3) is 0.455. The molecule has 0 bridgehead atoms. The van der Waals surface area contributed by atoms with Crippen molar-refractivity contribution >= 4 is 11.8 Å². The zero-order chi connectivity index (χ0) is 11.6. The summed E-state index contributed by atoms with van der Waals surface area (Å²) in [5, 5.41) is 3.17. The molecule has 1 aliphatic heterocycles. The lowest BCUT2D eigenvalue weighted by Crippen LogP contribution is -2.44. The minimum Gasteiger partial charge on any atom is -0.313 e.